The van der Waals surface area contributed by atoms with Gasteiger partial charge in [0.2, 0.25) is 0 Å². The van der Waals surface area contributed by atoms with Crippen molar-refractivity contribution < 1.29 is 22.5 Å². The summed E-state index contributed by atoms with van der Waals surface area (Å²) in [6.07, 6.45) is 0. The Kier molecular flexibility index (Phi) is 4.75. The predicted octanol–water partition coefficient (Wildman–Crippen LogP) is 3.26. The summed E-state index contributed by atoms with van der Waals surface area (Å²) in [4.78, 5) is 11.2. The highest BCUT2D eigenvalue weighted by atomic mass is 32.2. The highest BCUT2D eigenvalue weighted by Gasteiger charge is 2.23. The lowest BCUT2D eigenvalue weighted by atomic mass is 9.99. The van der Waals surface area contributed by atoms with E-state index in [1.165, 1.54) is 25.1 Å². The number of carbonyl (C=O) groups is 1. The summed E-state index contributed by atoms with van der Waals surface area (Å²) >= 11 is 0. The fourth-order valence-corrected chi connectivity index (χ4v) is 3.02. The van der Waals surface area contributed by atoms with Crippen LogP contribution in [-0.4, -0.2) is 19.5 Å². The zero-order valence-electron chi connectivity index (χ0n) is 13.1. The Labute approximate surface area is 135 Å². The standard InChI is InChI=1S/C17H18O5S/c1-11-4-7-14(8-5-11)23(20,21)22-16-10-12(2)6-9-15(16)13(3)17(18)19/h4-10,13H,1-3H3,(H,18,19)/t13-/m0/s1. The molecular formula is C17H18O5S. The van der Waals surface area contributed by atoms with Gasteiger partial charge in [-0.2, -0.15) is 8.42 Å². The third-order valence-corrected chi connectivity index (χ3v) is 4.76. The fraction of sp³-hybridized carbons (Fsp3) is 0.235. The highest BCUT2D eigenvalue weighted by Crippen LogP contribution is 2.30. The van der Waals surface area contributed by atoms with Gasteiger partial charge in [0.25, 0.3) is 0 Å². The van der Waals surface area contributed by atoms with Crippen LogP contribution in [0.1, 0.15) is 29.5 Å². The molecule has 0 aliphatic heterocycles. The van der Waals surface area contributed by atoms with Crippen LogP contribution in [0.5, 0.6) is 5.75 Å². The molecule has 0 heterocycles. The summed E-state index contributed by atoms with van der Waals surface area (Å²) in [6, 6.07) is 11.1. The quantitative estimate of drug-likeness (QED) is 0.849. The summed E-state index contributed by atoms with van der Waals surface area (Å²) in [6.45, 7) is 5.11. The third-order valence-electron chi connectivity index (χ3n) is 3.52. The molecule has 6 heteroatoms. The molecule has 0 aliphatic rings. The fourth-order valence-electron chi connectivity index (χ4n) is 2.08. The molecule has 2 rings (SSSR count). The largest absolute Gasteiger partial charge is 0.481 e. The summed E-state index contributed by atoms with van der Waals surface area (Å²) in [5.41, 5.74) is 2.03. The Morgan fingerprint density at radius 1 is 1.04 bits per heavy atom. The van der Waals surface area contributed by atoms with Crippen molar-refractivity contribution in [2.24, 2.45) is 0 Å². The van der Waals surface area contributed by atoms with Crippen molar-refractivity contribution in [3.8, 4) is 5.75 Å². The Bertz CT molecular complexity index is 823. The van der Waals surface area contributed by atoms with Crippen molar-refractivity contribution in [1.82, 2.24) is 0 Å². The molecule has 0 unspecified atom stereocenters. The first-order valence-corrected chi connectivity index (χ1v) is 8.46. The first-order valence-electron chi connectivity index (χ1n) is 7.05. The van der Waals surface area contributed by atoms with E-state index in [-0.39, 0.29) is 10.6 Å². The summed E-state index contributed by atoms with van der Waals surface area (Å²) < 4.78 is 30.0. The van der Waals surface area contributed by atoms with Crippen molar-refractivity contribution >= 4 is 16.1 Å². The van der Waals surface area contributed by atoms with E-state index in [2.05, 4.69) is 0 Å². The highest BCUT2D eigenvalue weighted by molar-refractivity contribution is 7.87. The third kappa shape index (κ3) is 3.90. The molecular weight excluding hydrogens is 316 g/mol. The first kappa shape index (κ1) is 17.0. The van der Waals surface area contributed by atoms with Crippen LogP contribution in [0.4, 0.5) is 0 Å². The van der Waals surface area contributed by atoms with E-state index in [9.17, 15) is 18.3 Å². The van der Waals surface area contributed by atoms with Gasteiger partial charge < -0.3 is 9.29 Å². The van der Waals surface area contributed by atoms with Gasteiger partial charge in [0.1, 0.15) is 10.6 Å². The van der Waals surface area contributed by atoms with Crippen LogP contribution in [0.15, 0.2) is 47.4 Å². The molecule has 0 bridgehead atoms. The number of carboxylic acids is 1. The van der Waals surface area contributed by atoms with Crippen molar-refractivity contribution in [2.45, 2.75) is 31.6 Å². The lowest BCUT2D eigenvalue weighted by molar-refractivity contribution is -0.138. The minimum atomic E-state index is -4.02. The Morgan fingerprint density at radius 2 is 1.61 bits per heavy atom. The van der Waals surface area contributed by atoms with Crippen LogP contribution in [0.2, 0.25) is 0 Å². The van der Waals surface area contributed by atoms with Gasteiger partial charge in [0, 0.05) is 5.56 Å². The van der Waals surface area contributed by atoms with Gasteiger partial charge in [0.15, 0.2) is 0 Å². The van der Waals surface area contributed by atoms with Gasteiger partial charge in [-0.25, -0.2) is 0 Å². The molecule has 0 aromatic heterocycles. The number of hydrogen-bond donors (Lipinski definition) is 1. The zero-order chi connectivity index (χ0) is 17.2. The van der Waals surface area contributed by atoms with Crippen LogP contribution in [0.3, 0.4) is 0 Å². The molecule has 0 saturated carbocycles. The normalized spacial score (nSPS) is 12.7. The second-order valence-corrected chi connectivity index (χ2v) is 7.00. The van der Waals surface area contributed by atoms with Crippen molar-refractivity contribution in [1.29, 1.82) is 0 Å². The Balaban J connectivity index is 2.44. The first-order chi connectivity index (χ1) is 10.7. The van der Waals surface area contributed by atoms with Crippen LogP contribution in [0.25, 0.3) is 0 Å². The second-order valence-electron chi connectivity index (χ2n) is 5.45. The van der Waals surface area contributed by atoms with E-state index in [0.29, 0.717) is 5.56 Å². The minimum Gasteiger partial charge on any atom is -0.481 e. The average Bonchev–Trinajstić information content (AvgIpc) is 2.46. The van der Waals surface area contributed by atoms with Gasteiger partial charge in [-0.15, -0.1) is 0 Å². The lowest BCUT2D eigenvalue weighted by Crippen LogP contribution is -2.14. The summed E-state index contributed by atoms with van der Waals surface area (Å²) in [5.74, 6) is -1.88. The number of aryl methyl sites for hydroxylation is 2. The molecule has 1 atom stereocenters. The number of rotatable bonds is 5. The number of benzene rings is 2. The maximum Gasteiger partial charge on any atom is 0.339 e. The predicted molar refractivity (Wildman–Crippen MR) is 86.2 cm³/mol. The van der Waals surface area contributed by atoms with E-state index in [1.807, 2.05) is 6.92 Å². The van der Waals surface area contributed by atoms with Gasteiger partial charge in [-0.3, -0.25) is 4.79 Å². The van der Waals surface area contributed by atoms with E-state index in [1.54, 1.807) is 31.2 Å². The molecule has 5 nitrogen and oxygen atoms in total. The summed E-state index contributed by atoms with van der Waals surface area (Å²) in [7, 11) is -4.02. The topological polar surface area (TPSA) is 80.7 Å². The zero-order valence-corrected chi connectivity index (χ0v) is 13.9. The van der Waals surface area contributed by atoms with Crippen molar-refractivity contribution in [3.63, 3.8) is 0 Å². The molecule has 0 saturated heterocycles. The molecule has 1 N–H and O–H groups in total. The van der Waals surface area contributed by atoms with Crippen LogP contribution < -0.4 is 4.18 Å². The molecule has 0 fully saturated rings. The van der Waals surface area contributed by atoms with Crippen molar-refractivity contribution in [2.75, 3.05) is 0 Å². The molecule has 0 aliphatic carbocycles. The Hall–Kier alpha value is -2.34. The molecule has 122 valence electrons. The van der Waals surface area contributed by atoms with Crippen molar-refractivity contribution in [3.05, 3.63) is 59.2 Å². The van der Waals surface area contributed by atoms with Crippen LogP contribution in [0, 0.1) is 13.8 Å². The monoisotopic (exact) mass is 334 g/mol. The SMILES string of the molecule is Cc1ccc(S(=O)(=O)Oc2cc(C)ccc2[C@H](C)C(=O)O)cc1. The molecule has 0 radical (unpaired) electrons. The average molecular weight is 334 g/mol. The maximum atomic E-state index is 12.4. The minimum absolute atomic E-state index is 0.0264. The smallest absolute Gasteiger partial charge is 0.339 e. The molecule has 0 spiro atoms. The van der Waals surface area contributed by atoms with E-state index < -0.39 is 22.0 Å². The van der Waals surface area contributed by atoms with Gasteiger partial charge >= 0.3 is 16.1 Å². The maximum absolute atomic E-state index is 12.4. The molecule has 23 heavy (non-hydrogen) atoms. The van der Waals surface area contributed by atoms with Crippen LogP contribution >= 0.6 is 0 Å². The molecule has 2 aromatic carbocycles. The number of carboxylic acid groups (broad SMARTS) is 1. The van der Waals surface area contributed by atoms with E-state index >= 15 is 0 Å². The number of aliphatic carboxylic acids is 1. The molecule has 2 aromatic rings. The summed E-state index contributed by atoms with van der Waals surface area (Å²) in [5, 5.41) is 9.17. The van der Waals surface area contributed by atoms with Gasteiger partial charge in [-0.05, 0) is 44.5 Å². The Morgan fingerprint density at radius 3 is 2.17 bits per heavy atom. The van der Waals surface area contributed by atoms with Gasteiger partial charge in [0.05, 0.1) is 5.92 Å². The second kappa shape index (κ2) is 6.42. The van der Waals surface area contributed by atoms with Gasteiger partial charge in [-0.1, -0.05) is 29.8 Å². The lowest BCUT2D eigenvalue weighted by Gasteiger charge is -2.15. The van der Waals surface area contributed by atoms with E-state index in [0.717, 1.165) is 11.1 Å². The molecule has 0 amide bonds. The van der Waals surface area contributed by atoms with E-state index in [4.69, 9.17) is 4.18 Å². The number of hydrogen-bond acceptors (Lipinski definition) is 4. The van der Waals surface area contributed by atoms with Crippen LogP contribution in [-0.2, 0) is 14.9 Å².